The fourth-order valence-corrected chi connectivity index (χ4v) is 3.05. The topological polar surface area (TPSA) is 95.7 Å². The Morgan fingerprint density at radius 2 is 2.00 bits per heavy atom. The van der Waals surface area contributed by atoms with Gasteiger partial charge in [0.15, 0.2) is 0 Å². The third kappa shape index (κ3) is 4.48. The van der Waals surface area contributed by atoms with Crippen molar-refractivity contribution in [1.82, 2.24) is 0 Å². The van der Waals surface area contributed by atoms with Crippen LogP contribution in [-0.2, 0) is 19.0 Å². The molecule has 116 valence electrons. The number of ether oxygens (including phenoxy) is 1. The van der Waals surface area contributed by atoms with Crippen LogP contribution >= 0.6 is 0 Å². The van der Waals surface area contributed by atoms with E-state index in [0.717, 1.165) is 31.4 Å². The fourth-order valence-electron chi connectivity index (χ4n) is 2.13. The third-order valence-corrected chi connectivity index (χ3v) is 4.61. The second-order valence-electron chi connectivity index (χ2n) is 4.80. The molecule has 0 radical (unpaired) electrons. The van der Waals surface area contributed by atoms with Crippen LogP contribution in [0, 0.1) is 10.1 Å². The van der Waals surface area contributed by atoms with Crippen LogP contribution in [0.25, 0.3) is 0 Å². The third-order valence-electron chi connectivity index (χ3n) is 3.29. The van der Waals surface area contributed by atoms with Crippen molar-refractivity contribution in [3.63, 3.8) is 0 Å². The molecule has 7 nitrogen and oxygen atoms in total. The predicted octanol–water partition coefficient (Wildman–Crippen LogP) is 2.26. The summed E-state index contributed by atoms with van der Waals surface area (Å²) in [5.41, 5.74) is -0.162. The molecule has 1 atom stereocenters. The van der Waals surface area contributed by atoms with Gasteiger partial charge in [0.2, 0.25) is 0 Å². The maximum atomic E-state index is 11.9. The standard InChI is InChI=1S/C13H17NO6S/c15-14(16)11-4-6-13(7-5-11)21(17,18)20-10-8-12-3-1-2-9-19-12/h4-7,12H,1-3,8-10H2/t12-/m1/s1. The van der Waals surface area contributed by atoms with Gasteiger partial charge in [-0.25, -0.2) is 0 Å². The van der Waals surface area contributed by atoms with Crippen LogP contribution in [0.3, 0.4) is 0 Å². The summed E-state index contributed by atoms with van der Waals surface area (Å²) in [5, 5.41) is 10.5. The number of hydrogen-bond acceptors (Lipinski definition) is 6. The van der Waals surface area contributed by atoms with Crippen LogP contribution in [0.1, 0.15) is 25.7 Å². The van der Waals surface area contributed by atoms with E-state index in [1.165, 1.54) is 12.1 Å². The minimum Gasteiger partial charge on any atom is -0.378 e. The van der Waals surface area contributed by atoms with Crippen LogP contribution in [0.4, 0.5) is 5.69 Å². The second-order valence-corrected chi connectivity index (χ2v) is 6.42. The normalized spacial score (nSPS) is 19.3. The molecule has 1 saturated heterocycles. The van der Waals surface area contributed by atoms with Crippen molar-refractivity contribution in [2.75, 3.05) is 13.2 Å². The van der Waals surface area contributed by atoms with E-state index in [-0.39, 0.29) is 23.3 Å². The zero-order valence-electron chi connectivity index (χ0n) is 11.4. The predicted molar refractivity (Wildman–Crippen MR) is 74.4 cm³/mol. The molecule has 1 aliphatic rings. The molecule has 1 heterocycles. The molecule has 8 heteroatoms. The van der Waals surface area contributed by atoms with Gasteiger partial charge in [-0.05, 0) is 37.8 Å². The van der Waals surface area contributed by atoms with Gasteiger partial charge in [-0.3, -0.25) is 14.3 Å². The van der Waals surface area contributed by atoms with E-state index >= 15 is 0 Å². The zero-order valence-corrected chi connectivity index (χ0v) is 12.3. The highest BCUT2D eigenvalue weighted by molar-refractivity contribution is 7.86. The first-order valence-electron chi connectivity index (χ1n) is 6.74. The molecule has 1 aromatic rings. The summed E-state index contributed by atoms with van der Waals surface area (Å²) in [6.07, 6.45) is 3.61. The number of non-ortho nitro benzene ring substituents is 1. The summed E-state index contributed by atoms with van der Waals surface area (Å²) in [7, 11) is -3.88. The highest BCUT2D eigenvalue weighted by atomic mass is 32.2. The Hall–Kier alpha value is -1.51. The Morgan fingerprint density at radius 1 is 1.29 bits per heavy atom. The number of hydrogen-bond donors (Lipinski definition) is 0. The molecule has 1 aromatic carbocycles. The first kappa shape index (κ1) is 15.9. The van der Waals surface area contributed by atoms with Crippen molar-refractivity contribution < 1.29 is 22.3 Å². The van der Waals surface area contributed by atoms with Crippen molar-refractivity contribution in [3.8, 4) is 0 Å². The van der Waals surface area contributed by atoms with Crippen molar-refractivity contribution in [3.05, 3.63) is 34.4 Å². The Kier molecular flexibility index (Phi) is 5.27. The number of benzene rings is 1. The number of nitro benzene ring substituents is 1. The van der Waals surface area contributed by atoms with E-state index in [1.54, 1.807) is 0 Å². The second kappa shape index (κ2) is 6.97. The molecule has 2 rings (SSSR count). The van der Waals surface area contributed by atoms with Gasteiger partial charge in [0.1, 0.15) is 0 Å². The van der Waals surface area contributed by atoms with Gasteiger partial charge in [-0.15, -0.1) is 0 Å². The monoisotopic (exact) mass is 315 g/mol. The minimum atomic E-state index is -3.88. The first-order valence-corrected chi connectivity index (χ1v) is 8.15. The summed E-state index contributed by atoms with van der Waals surface area (Å²) in [6.45, 7) is 0.754. The average Bonchev–Trinajstić information content (AvgIpc) is 2.48. The lowest BCUT2D eigenvalue weighted by Crippen LogP contribution is -2.21. The lowest BCUT2D eigenvalue weighted by molar-refractivity contribution is -0.384. The molecule has 0 amide bonds. The fraction of sp³-hybridized carbons (Fsp3) is 0.538. The van der Waals surface area contributed by atoms with Crippen molar-refractivity contribution >= 4 is 15.8 Å². The van der Waals surface area contributed by atoms with Gasteiger partial charge in [0.05, 0.1) is 22.5 Å². The van der Waals surface area contributed by atoms with E-state index in [4.69, 9.17) is 8.92 Å². The van der Waals surface area contributed by atoms with Crippen LogP contribution in [-0.4, -0.2) is 32.7 Å². The van der Waals surface area contributed by atoms with E-state index < -0.39 is 15.0 Å². The summed E-state index contributed by atoms with van der Waals surface area (Å²) < 4.78 is 34.3. The molecule has 21 heavy (non-hydrogen) atoms. The van der Waals surface area contributed by atoms with Gasteiger partial charge >= 0.3 is 0 Å². The molecule has 0 spiro atoms. The van der Waals surface area contributed by atoms with Crippen LogP contribution < -0.4 is 0 Å². The van der Waals surface area contributed by atoms with Crippen molar-refractivity contribution in [1.29, 1.82) is 0 Å². The SMILES string of the molecule is O=[N+]([O-])c1ccc(S(=O)(=O)OCC[C@H]2CCCCO2)cc1. The lowest BCUT2D eigenvalue weighted by atomic mass is 10.1. The van der Waals surface area contributed by atoms with E-state index in [1.807, 2.05) is 0 Å². The molecule has 1 fully saturated rings. The van der Waals surface area contributed by atoms with Crippen LogP contribution in [0.2, 0.25) is 0 Å². The smallest absolute Gasteiger partial charge is 0.296 e. The van der Waals surface area contributed by atoms with Crippen LogP contribution in [0.5, 0.6) is 0 Å². The van der Waals surface area contributed by atoms with Crippen molar-refractivity contribution in [2.45, 2.75) is 36.7 Å². The van der Waals surface area contributed by atoms with Gasteiger partial charge in [-0.1, -0.05) is 0 Å². The molecule has 0 aromatic heterocycles. The van der Waals surface area contributed by atoms with Crippen LogP contribution in [0.15, 0.2) is 29.2 Å². The van der Waals surface area contributed by atoms with Gasteiger partial charge in [0.25, 0.3) is 15.8 Å². The maximum Gasteiger partial charge on any atom is 0.296 e. The Morgan fingerprint density at radius 3 is 2.57 bits per heavy atom. The highest BCUT2D eigenvalue weighted by Gasteiger charge is 2.19. The quantitative estimate of drug-likeness (QED) is 0.454. The molecule has 0 unspecified atom stereocenters. The van der Waals surface area contributed by atoms with E-state index in [0.29, 0.717) is 13.0 Å². The molecule has 1 aliphatic heterocycles. The molecule has 0 aliphatic carbocycles. The first-order chi connectivity index (χ1) is 9.99. The molecule has 0 N–H and O–H groups in total. The number of nitrogens with zero attached hydrogens (tertiary/aromatic N) is 1. The molecular weight excluding hydrogens is 298 g/mol. The Labute approximate surface area is 123 Å². The van der Waals surface area contributed by atoms with Gasteiger partial charge in [0, 0.05) is 18.7 Å². The average molecular weight is 315 g/mol. The lowest BCUT2D eigenvalue weighted by Gasteiger charge is -2.22. The summed E-state index contributed by atoms with van der Waals surface area (Å²) in [4.78, 5) is 9.85. The summed E-state index contributed by atoms with van der Waals surface area (Å²) >= 11 is 0. The van der Waals surface area contributed by atoms with E-state index in [2.05, 4.69) is 0 Å². The Balaban J connectivity index is 1.90. The molecular formula is C13H17NO6S. The molecule has 0 bridgehead atoms. The largest absolute Gasteiger partial charge is 0.378 e. The maximum absolute atomic E-state index is 11.9. The van der Waals surface area contributed by atoms with Gasteiger partial charge < -0.3 is 4.74 Å². The number of nitro groups is 1. The van der Waals surface area contributed by atoms with Gasteiger partial charge in [-0.2, -0.15) is 8.42 Å². The van der Waals surface area contributed by atoms with Crippen molar-refractivity contribution in [2.24, 2.45) is 0 Å². The zero-order chi connectivity index (χ0) is 15.3. The highest BCUT2D eigenvalue weighted by Crippen LogP contribution is 2.19. The van der Waals surface area contributed by atoms with E-state index in [9.17, 15) is 18.5 Å². The number of rotatable bonds is 6. The minimum absolute atomic E-state index is 0.0456. The Bertz CT molecular complexity index is 577. The molecule has 0 saturated carbocycles. The summed E-state index contributed by atoms with van der Waals surface area (Å²) in [5.74, 6) is 0. The summed E-state index contributed by atoms with van der Waals surface area (Å²) in [6, 6.07) is 4.62.